The third kappa shape index (κ3) is 2.87. The molecule has 2 aliphatic carbocycles. The molecule has 0 aliphatic heterocycles. The molecule has 0 saturated heterocycles. The molecule has 0 radical (unpaired) electrons. The molecule has 2 aliphatic rings. The van der Waals surface area contributed by atoms with Gasteiger partial charge in [-0.2, -0.15) is 0 Å². The first-order chi connectivity index (χ1) is 9.70. The predicted molar refractivity (Wildman–Crippen MR) is 81.5 cm³/mol. The maximum atomic E-state index is 13.6. The van der Waals surface area contributed by atoms with Crippen molar-refractivity contribution in [2.45, 2.75) is 45.1 Å². The van der Waals surface area contributed by atoms with Crippen LogP contribution in [0.5, 0.6) is 0 Å². The van der Waals surface area contributed by atoms with Gasteiger partial charge in [-0.3, -0.25) is 0 Å². The van der Waals surface area contributed by atoms with E-state index in [9.17, 15) is 4.39 Å². The topological polar surface area (TPSA) is 12.0 Å². The lowest BCUT2D eigenvalue weighted by Gasteiger charge is -2.21. The minimum absolute atomic E-state index is 0.218. The Bertz CT molecular complexity index is 466. The molecule has 1 aromatic carbocycles. The molecule has 110 valence electrons. The summed E-state index contributed by atoms with van der Waals surface area (Å²) in [7, 11) is 0. The predicted octanol–water partition coefficient (Wildman–Crippen LogP) is 4.44. The van der Waals surface area contributed by atoms with Gasteiger partial charge in [-0.1, -0.05) is 31.0 Å². The van der Waals surface area contributed by atoms with Crippen molar-refractivity contribution in [2.24, 2.45) is 17.8 Å². The van der Waals surface area contributed by atoms with E-state index in [0.717, 1.165) is 42.7 Å². The zero-order chi connectivity index (χ0) is 14.1. The lowest BCUT2D eigenvalue weighted by Crippen LogP contribution is -2.35. The molecule has 1 aromatic rings. The monoisotopic (exact) mass is 295 g/mol. The minimum atomic E-state index is -0.297. The fourth-order valence-electron chi connectivity index (χ4n) is 4.07. The smallest absolute Gasteiger partial charge is 0.142 e. The molecule has 2 saturated carbocycles. The van der Waals surface area contributed by atoms with Crippen LogP contribution in [0, 0.1) is 23.6 Å². The molecule has 0 heterocycles. The van der Waals surface area contributed by atoms with Crippen LogP contribution in [0.3, 0.4) is 0 Å². The molecule has 3 heteroatoms. The third-order valence-electron chi connectivity index (χ3n) is 5.03. The summed E-state index contributed by atoms with van der Waals surface area (Å²) in [4.78, 5) is 0. The third-order valence-corrected chi connectivity index (χ3v) is 5.34. The molecule has 0 spiro atoms. The van der Waals surface area contributed by atoms with Gasteiger partial charge < -0.3 is 5.32 Å². The molecule has 2 fully saturated rings. The summed E-state index contributed by atoms with van der Waals surface area (Å²) in [6, 6.07) is 5.74. The first kappa shape index (κ1) is 14.3. The molecule has 0 amide bonds. The van der Waals surface area contributed by atoms with E-state index < -0.39 is 0 Å². The van der Waals surface area contributed by atoms with E-state index in [4.69, 9.17) is 11.6 Å². The van der Waals surface area contributed by atoms with E-state index in [0.29, 0.717) is 6.04 Å². The Kier molecular flexibility index (Phi) is 4.32. The van der Waals surface area contributed by atoms with Gasteiger partial charge in [0, 0.05) is 6.04 Å². The van der Waals surface area contributed by atoms with Crippen molar-refractivity contribution < 1.29 is 4.39 Å². The second-order valence-electron chi connectivity index (χ2n) is 6.35. The van der Waals surface area contributed by atoms with Gasteiger partial charge in [0.25, 0.3) is 0 Å². The number of nitrogens with one attached hydrogen (secondary N) is 1. The Morgan fingerprint density at radius 1 is 1.35 bits per heavy atom. The van der Waals surface area contributed by atoms with Crippen molar-refractivity contribution in [3.63, 3.8) is 0 Å². The van der Waals surface area contributed by atoms with E-state index in [2.05, 4.69) is 12.2 Å². The normalized spacial score (nSPS) is 29.2. The Morgan fingerprint density at radius 3 is 2.75 bits per heavy atom. The molecule has 1 nitrogen and oxygen atoms in total. The molecular weight excluding hydrogens is 273 g/mol. The van der Waals surface area contributed by atoms with E-state index >= 15 is 0 Å². The van der Waals surface area contributed by atoms with Gasteiger partial charge >= 0.3 is 0 Å². The fraction of sp³-hybridized carbons (Fsp3) is 0.647. The molecule has 1 N–H and O–H groups in total. The summed E-state index contributed by atoms with van der Waals surface area (Å²) in [5, 5.41) is 3.90. The highest BCUT2D eigenvalue weighted by atomic mass is 35.5. The first-order valence-corrected chi connectivity index (χ1v) is 8.25. The molecule has 3 rings (SSSR count). The van der Waals surface area contributed by atoms with Crippen LogP contribution in [0.1, 0.15) is 38.2 Å². The lowest BCUT2D eigenvalue weighted by molar-refractivity contribution is 0.403. The second kappa shape index (κ2) is 6.03. The van der Waals surface area contributed by atoms with Crippen molar-refractivity contribution in [2.75, 3.05) is 6.54 Å². The summed E-state index contributed by atoms with van der Waals surface area (Å²) in [6.07, 6.45) is 6.27. The number of hydrogen-bond acceptors (Lipinski definition) is 1. The molecule has 20 heavy (non-hydrogen) atoms. The highest BCUT2D eigenvalue weighted by Gasteiger charge is 2.55. The van der Waals surface area contributed by atoms with Gasteiger partial charge in [-0.15, -0.1) is 0 Å². The molecule has 0 bridgehead atoms. The van der Waals surface area contributed by atoms with Crippen LogP contribution in [0.4, 0.5) is 4.39 Å². The van der Waals surface area contributed by atoms with Crippen molar-refractivity contribution >= 4 is 11.6 Å². The number of fused-ring (bicyclic) bond motifs is 1. The summed E-state index contributed by atoms with van der Waals surface area (Å²) in [6.45, 7) is 3.25. The average molecular weight is 296 g/mol. The molecule has 3 atom stereocenters. The number of rotatable bonds is 6. The van der Waals surface area contributed by atoms with Gasteiger partial charge in [-0.05, 0) is 67.7 Å². The van der Waals surface area contributed by atoms with Crippen molar-refractivity contribution in [3.8, 4) is 0 Å². The molecule has 0 aromatic heterocycles. The average Bonchev–Trinajstić information content (AvgIpc) is 2.91. The number of halogens is 2. The van der Waals surface area contributed by atoms with Crippen LogP contribution in [-0.2, 0) is 6.42 Å². The Morgan fingerprint density at radius 2 is 2.10 bits per heavy atom. The Hall–Kier alpha value is -0.600. The van der Waals surface area contributed by atoms with Gasteiger partial charge in [0.05, 0.1) is 5.02 Å². The molecular formula is C17H23ClFN. The quantitative estimate of drug-likeness (QED) is 0.818. The largest absolute Gasteiger partial charge is 0.313 e. The van der Waals surface area contributed by atoms with Crippen molar-refractivity contribution in [1.29, 1.82) is 0 Å². The van der Waals surface area contributed by atoms with Crippen LogP contribution in [0.15, 0.2) is 18.2 Å². The summed E-state index contributed by atoms with van der Waals surface area (Å²) in [5.74, 6) is 2.38. The van der Waals surface area contributed by atoms with Gasteiger partial charge in [0.1, 0.15) is 5.82 Å². The summed E-state index contributed by atoms with van der Waals surface area (Å²) >= 11 is 5.76. The minimum Gasteiger partial charge on any atom is -0.313 e. The van der Waals surface area contributed by atoms with Crippen LogP contribution < -0.4 is 5.32 Å². The second-order valence-corrected chi connectivity index (χ2v) is 6.76. The van der Waals surface area contributed by atoms with E-state index in [1.165, 1.54) is 19.3 Å². The summed E-state index contributed by atoms with van der Waals surface area (Å²) in [5.41, 5.74) is 1.06. The maximum Gasteiger partial charge on any atom is 0.142 e. The zero-order valence-electron chi connectivity index (χ0n) is 12.0. The highest BCUT2D eigenvalue weighted by Crippen LogP contribution is 2.59. The summed E-state index contributed by atoms with van der Waals surface area (Å²) < 4.78 is 13.6. The zero-order valence-corrected chi connectivity index (χ0v) is 12.8. The Labute approximate surface area is 125 Å². The highest BCUT2D eigenvalue weighted by molar-refractivity contribution is 6.30. The van der Waals surface area contributed by atoms with Gasteiger partial charge in [-0.25, -0.2) is 4.39 Å². The van der Waals surface area contributed by atoms with Crippen molar-refractivity contribution in [1.82, 2.24) is 5.32 Å². The number of hydrogen-bond donors (Lipinski definition) is 1. The van der Waals surface area contributed by atoms with Gasteiger partial charge in [0.2, 0.25) is 0 Å². The maximum absolute atomic E-state index is 13.6. The van der Waals surface area contributed by atoms with E-state index in [1.54, 1.807) is 12.1 Å². The van der Waals surface area contributed by atoms with Gasteiger partial charge in [0.15, 0.2) is 0 Å². The lowest BCUT2D eigenvalue weighted by atomic mass is 9.97. The SMILES string of the molecule is CCCNC(Cc1ccc(Cl)c(F)c1)C1C2CCCC21. The van der Waals surface area contributed by atoms with Crippen LogP contribution in [-0.4, -0.2) is 12.6 Å². The first-order valence-electron chi connectivity index (χ1n) is 7.88. The van der Waals surface area contributed by atoms with Crippen LogP contribution in [0.25, 0.3) is 0 Å². The van der Waals surface area contributed by atoms with E-state index in [-0.39, 0.29) is 10.8 Å². The van der Waals surface area contributed by atoms with E-state index in [1.807, 2.05) is 6.07 Å². The van der Waals surface area contributed by atoms with Crippen LogP contribution in [0.2, 0.25) is 5.02 Å². The van der Waals surface area contributed by atoms with Crippen LogP contribution >= 0.6 is 11.6 Å². The molecule has 3 unspecified atom stereocenters. The Balaban J connectivity index is 1.67. The standard InChI is InChI=1S/C17H23ClFN/c1-2-8-20-16(17-12-4-3-5-13(12)17)10-11-6-7-14(18)15(19)9-11/h6-7,9,12-13,16-17,20H,2-5,8,10H2,1H3. The number of benzene rings is 1. The van der Waals surface area contributed by atoms with Crippen molar-refractivity contribution in [3.05, 3.63) is 34.6 Å². The fourth-order valence-corrected chi connectivity index (χ4v) is 4.19.